The van der Waals surface area contributed by atoms with Gasteiger partial charge >= 0.3 is 0 Å². The van der Waals surface area contributed by atoms with Crippen molar-refractivity contribution in [1.29, 1.82) is 0 Å². The fourth-order valence-electron chi connectivity index (χ4n) is 2.74. The summed E-state index contributed by atoms with van der Waals surface area (Å²) in [7, 11) is 0. The summed E-state index contributed by atoms with van der Waals surface area (Å²) in [5.41, 5.74) is 5.57. The maximum atomic E-state index is 9.10. The maximum Gasteiger partial charge on any atom is 0.119 e. The van der Waals surface area contributed by atoms with Crippen LogP contribution in [0.4, 0.5) is 5.69 Å². The molecule has 0 aliphatic rings. The average molecular weight is 331 g/mol. The van der Waals surface area contributed by atoms with Crippen LogP contribution in [0.25, 0.3) is 0 Å². The topological polar surface area (TPSA) is 59.3 Å². The molecule has 2 N–H and O–H groups in total. The Morgan fingerprint density at radius 3 is 2.71 bits per heavy atom. The van der Waals surface area contributed by atoms with Crippen molar-refractivity contribution < 1.29 is 9.84 Å². The molecule has 1 heterocycles. The SMILES string of the molecule is CCCCOc1ccc(NCc2c(C)nn(CCO)c2C)c(C)c1. The van der Waals surface area contributed by atoms with Crippen LogP contribution in [0.5, 0.6) is 5.75 Å². The van der Waals surface area contributed by atoms with Gasteiger partial charge in [0.25, 0.3) is 0 Å². The lowest BCUT2D eigenvalue weighted by molar-refractivity contribution is 0.268. The summed E-state index contributed by atoms with van der Waals surface area (Å²) in [5.74, 6) is 0.926. The van der Waals surface area contributed by atoms with Gasteiger partial charge in [0.05, 0.1) is 25.5 Å². The zero-order valence-corrected chi connectivity index (χ0v) is 15.2. The lowest BCUT2D eigenvalue weighted by atomic mass is 10.1. The van der Waals surface area contributed by atoms with Crippen molar-refractivity contribution >= 4 is 5.69 Å². The van der Waals surface area contributed by atoms with E-state index in [1.165, 1.54) is 11.1 Å². The second-order valence-electron chi connectivity index (χ2n) is 6.13. The van der Waals surface area contributed by atoms with E-state index in [1.54, 1.807) is 0 Å². The molecule has 0 spiro atoms. The Morgan fingerprint density at radius 1 is 1.25 bits per heavy atom. The van der Waals surface area contributed by atoms with E-state index in [9.17, 15) is 0 Å². The molecule has 0 atom stereocenters. The molecule has 0 aliphatic heterocycles. The third-order valence-corrected chi connectivity index (χ3v) is 4.26. The van der Waals surface area contributed by atoms with E-state index in [0.717, 1.165) is 48.8 Å². The molecule has 0 aliphatic carbocycles. The number of nitrogens with one attached hydrogen (secondary N) is 1. The largest absolute Gasteiger partial charge is 0.494 e. The number of hydrogen-bond donors (Lipinski definition) is 2. The summed E-state index contributed by atoms with van der Waals surface area (Å²) in [5, 5.41) is 17.1. The predicted octanol–water partition coefficient (Wildman–Crippen LogP) is 3.59. The van der Waals surface area contributed by atoms with Gasteiger partial charge in [0.15, 0.2) is 0 Å². The van der Waals surface area contributed by atoms with Gasteiger partial charge in [-0.3, -0.25) is 4.68 Å². The average Bonchev–Trinajstić information content (AvgIpc) is 2.82. The maximum absolute atomic E-state index is 9.10. The molecule has 2 rings (SSSR count). The number of unbranched alkanes of at least 4 members (excludes halogenated alkanes) is 1. The smallest absolute Gasteiger partial charge is 0.119 e. The van der Waals surface area contributed by atoms with Crippen LogP contribution in [0.1, 0.15) is 42.3 Å². The fraction of sp³-hybridized carbons (Fsp3) is 0.526. The van der Waals surface area contributed by atoms with E-state index in [2.05, 4.69) is 36.4 Å². The van der Waals surface area contributed by atoms with Gasteiger partial charge < -0.3 is 15.2 Å². The monoisotopic (exact) mass is 331 g/mol. The summed E-state index contributed by atoms with van der Waals surface area (Å²) in [6.45, 7) is 10.4. The van der Waals surface area contributed by atoms with Crippen LogP contribution in [0.2, 0.25) is 0 Å². The molecular weight excluding hydrogens is 302 g/mol. The predicted molar refractivity (Wildman–Crippen MR) is 97.7 cm³/mol. The molecule has 1 aromatic carbocycles. The van der Waals surface area contributed by atoms with Crippen molar-refractivity contribution in [3.8, 4) is 5.75 Å². The van der Waals surface area contributed by atoms with Gasteiger partial charge in [-0.05, 0) is 51.0 Å². The summed E-state index contributed by atoms with van der Waals surface area (Å²) in [6.07, 6.45) is 2.22. The highest BCUT2D eigenvalue weighted by molar-refractivity contribution is 5.54. The Hall–Kier alpha value is -2.01. The number of hydrogen-bond acceptors (Lipinski definition) is 4. The number of ether oxygens (including phenoxy) is 1. The zero-order chi connectivity index (χ0) is 17.5. The molecule has 132 valence electrons. The summed E-state index contributed by atoms with van der Waals surface area (Å²) >= 11 is 0. The molecule has 1 aromatic heterocycles. The van der Waals surface area contributed by atoms with E-state index < -0.39 is 0 Å². The van der Waals surface area contributed by atoms with E-state index in [0.29, 0.717) is 6.54 Å². The fourth-order valence-corrected chi connectivity index (χ4v) is 2.74. The van der Waals surface area contributed by atoms with E-state index in [-0.39, 0.29) is 6.61 Å². The van der Waals surface area contributed by atoms with Crippen molar-refractivity contribution in [3.05, 3.63) is 40.7 Å². The minimum atomic E-state index is 0.105. The van der Waals surface area contributed by atoms with Gasteiger partial charge in [-0.1, -0.05) is 13.3 Å². The second kappa shape index (κ2) is 8.73. The molecule has 5 nitrogen and oxygen atoms in total. The molecule has 0 saturated carbocycles. The summed E-state index contributed by atoms with van der Waals surface area (Å²) in [4.78, 5) is 0. The van der Waals surface area contributed by atoms with Crippen LogP contribution in [0.3, 0.4) is 0 Å². The Labute approximate surface area is 144 Å². The Bertz CT molecular complexity index is 665. The first-order chi connectivity index (χ1) is 11.6. The quantitative estimate of drug-likeness (QED) is 0.689. The number of aliphatic hydroxyl groups excluding tert-OH is 1. The highest BCUT2D eigenvalue weighted by Gasteiger charge is 2.11. The molecule has 0 unspecified atom stereocenters. The number of benzene rings is 1. The normalized spacial score (nSPS) is 10.9. The molecule has 0 radical (unpaired) electrons. The standard InChI is InChI=1S/C19H29N3O2/c1-5-6-11-24-17-7-8-19(14(2)12-17)20-13-18-15(3)21-22(9-10-23)16(18)4/h7-8,12,20,23H,5-6,9-11,13H2,1-4H3. The van der Waals surface area contributed by atoms with Gasteiger partial charge in [0, 0.05) is 23.5 Å². The highest BCUT2D eigenvalue weighted by atomic mass is 16.5. The molecule has 0 saturated heterocycles. The van der Waals surface area contributed by atoms with Crippen molar-refractivity contribution in [2.75, 3.05) is 18.5 Å². The number of aryl methyl sites for hydroxylation is 2. The van der Waals surface area contributed by atoms with Gasteiger partial charge in [-0.2, -0.15) is 5.10 Å². The minimum absolute atomic E-state index is 0.105. The minimum Gasteiger partial charge on any atom is -0.494 e. The first-order valence-electron chi connectivity index (χ1n) is 8.67. The lowest BCUT2D eigenvalue weighted by Gasteiger charge is -2.12. The number of aliphatic hydroxyl groups is 1. The third kappa shape index (κ3) is 4.51. The van der Waals surface area contributed by atoms with Crippen LogP contribution in [-0.2, 0) is 13.1 Å². The van der Waals surface area contributed by atoms with Crippen molar-refractivity contribution in [2.24, 2.45) is 0 Å². The third-order valence-electron chi connectivity index (χ3n) is 4.26. The van der Waals surface area contributed by atoms with Gasteiger partial charge in [0.2, 0.25) is 0 Å². The zero-order valence-electron chi connectivity index (χ0n) is 15.2. The molecule has 0 amide bonds. The molecule has 5 heteroatoms. The first kappa shape index (κ1) is 18.3. The van der Waals surface area contributed by atoms with Crippen LogP contribution in [-0.4, -0.2) is 28.1 Å². The molecular formula is C19H29N3O2. The Kier molecular flexibility index (Phi) is 6.67. The van der Waals surface area contributed by atoms with E-state index in [1.807, 2.05) is 24.6 Å². The van der Waals surface area contributed by atoms with Gasteiger partial charge in [0.1, 0.15) is 5.75 Å². The summed E-state index contributed by atoms with van der Waals surface area (Å²) < 4.78 is 7.61. The molecule has 2 aromatic rings. The van der Waals surface area contributed by atoms with Crippen molar-refractivity contribution in [2.45, 2.75) is 53.6 Å². The van der Waals surface area contributed by atoms with Crippen LogP contribution in [0, 0.1) is 20.8 Å². The van der Waals surface area contributed by atoms with Gasteiger partial charge in [-0.15, -0.1) is 0 Å². The van der Waals surface area contributed by atoms with Crippen molar-refractivity contribution in [1.82, 2.24) is 9.78 Å². The van der Waals surface area contributed by atoms with E-state index in [4.69, 9.17) is 9.84 Å². The second-order valence-corrected chi connectivity index (χ2v) is 6.13. The van der Waals surface area contributed by atoms with E-state index >= 15 is 0 Å². The van der Waals surface area contributed by atoms with Crippen LogP contribution < -0.4 is 10.1 Å². The molecule has 24 heavy (non-hydrogen) atoms. The number of rotatable bonds is 9. The molecule has 0 fully saturated rings. The van der Waals surface area contributed by atoms with Crippen LogP contribution in [0.15, 0.2) is 18.2 Å². The van der Waals surface area contributed by atoms with Crippen LogP contribution >= 0.6 is 0 Å². The molecule has 0 bridgehead atoms. The highest BCUT2D eigenvalue weighted by Crippen LogP contribution is 2.23. The number of aromatic nitrogens is 2. The Balaban J connectivity index is 2.02. The lowest BCUT2D eigenvalue weighted by Crippen LogP contribution is -2.07. The Morgan fingerprint density at radius 2 is 2.04 bits per heavy atom. The first-order valence-corrected chi connectivity index (χ1v) is 8.67. The van der Waals surface area contributed by atoms with Crippen molar-refractivity contribution in [3.63, 3.8) is 0 Å². The summed E-state index contributed by atoms with van der Waals surface area (Å²) in [6, 6.07) is 6.16. The number of nitrogens with zero attached hydrogens (tertiary/aromatic N) is 2. The van der Waals surface area contributed by atoms with Gasteiger partial charge in [-0.25, -0.2) is 0 Å². The number of anilines is 1.